The number of benzene rings is 2. The predicted molar refractivity (Wildman–Crippen MR) is 84.2 cm³/mol. The van der Waals surface area contributed by atoms with Crippen molar-refractivity contribution in [1.82, 2.24) is 0 Å². The number of hydrogen-bond donors (Lipinski definition) is 0. The molecule has 0 aliphatic rings. The molecule has 0 aromatic heterocycles. The highest BCUT2D eigenvalue weighted by Gasteiger charge is 2.44. The zero-order chi connectivity index (χ0) is 15.3. The van der Waals surface area contributed by atoms with E-state index in [1.807, 2.05) is 39.0 Å². The fraction of sp³-hybridized carbons (Fsp3) is 0.375. The fourth-order valence-corrected chi connectivity index (χ4v) is 5.15. The average molecular weight is 308 g/mol. The predicted octanol–water partition coefficient (Wildman–Crippen LogP) is 3.23. The van der Waals surface area contributed by atoms with Crippen molar-refractivity contribution in [3.05, 3.63) is 42.2 Å². The Labute approximate surface area is 126 Å². The molecule has 0 heterocycles. The van der Waals surface area contributed by atoms with E-state index in [9.17, 15) is 4.39 Å². The summed E-state index contributed by atoms with van der Waals surface area (Å²) in [6.07, 6.45) is 0. The van der Waals surface area contributed by atoms with Crippen LogP contribution in [0.25, 0.3) is 10.8 Å². The van der Waals surface area contributed by atoms with Crippen molar-refractivity contribution in [1.29, 1.82) is 0 Å². The van der Waals surface area contributed by atoms with Gasteiger partial charge in [-0.15, -0.1) is 0 Å². The second-order valence-corrected chi connectivity index (χ2v) is 7.01. The van der Waals surface area contributed by atoms with Gasteiger partial charge < -0.3 is 13.3 Å². The fourth-order valence-electron chi connectivity index (χ4n) is 2.46. The zero-order valence-corrected chi connectivity index (χ0v) is 13.7. The first-order chi connectivity index (χ1) is 10.2. The highest BCUT2D eigenvalue weighted by Crippen LogP contribution is 2.21. The standard InChI is InChI=1S/C16H21FO3Si/c1-4-18-21(19-5-2,20-6-3)16-12-11-15(17)13-9-7-8-10-14(13)16/h7-12H,4-6H2,1-3H3. The molecule has 0 amide bonds. The van der Waals surface area contributed by atoms with Gasteiger partial charge in [-0.3, -0.25) is 0 Å². The second-order valence-electron chi connectivity index (χ2n) is 4.50. The highest BCUT2D eigenvalue weighted by atomic mass is 28.4. The molecule has 0 fully saturated rings. The summed E-state index contributed by atoms with van der Waals surface area (Å²) < 4.78 is 31.8. The van der Waals surface area contributed by atoms with E-state index in [2.05, 4.69) is 0 Å². The number of fused-ring (bicyclic) bond motifs is 1. The molecule has 0 saturated heterocycles. The van der Waals surface area contributed by atoms with Gasteiger partial charge in [-0.25, -0.2) is 4.39 Å². The van der Waals surface area contributed by atoms with Crippen molar-refractivity contribution in [2.45, 2.75) is 20.8 Å². The van der Waals surface area contributed by atoms with Gasteiger partial charge >= 0.3 is 8.80 Å². The van der Waals surface area contributed by atoms with Crippen molar-refractivity contribution < 1.29 is 17.7 Å². The van der Waals surface area contributed by atoms with Crippen LogP contribution in [-0.2, 0) is 13.3 Å². The summed E-state index contributed by atoms with van der Waals surface area (Å²) in [5.41, 5.74) is 0. The van der Waals surface area contributed by atoms with Crippen LogP contribution < -0.4 is 5.19 Å². The van der Waals surface area contributed by atoms with Crippen LogP contribution in [0, 0.1) is 5.82 Å². The van der Waals surface area contributed by atoms with Crippen molar-refractivity contribution >= 4 is 24.8 Å². The Bertz CT molecular complexity index is 586. The highest BCUT2D eigenvalue weighted by molar-refractivity contribution is 6.77. The van der Waals surface area contributed by atoms with Gasteiger partial charge in [-0.05, 0) is 32.2 Å². The molecule has 0 aliphatic carbocycles. The maximum atomic E-state index is 14.0. The van der Waals surface area contributed by atoms with Crippen LogP contribution in [0.15, 0.2) is 36.4 Å². The summed E-state index contributed by atoms with van der Waals surface area (Å²) in [6.45, 7) is 7.18. The topological polar surface area (TPSA) is 27.7 Å². The van der Waals surface area contributed by atoms with Gasteiger partial charge in [0, 0.05) is 30.4 Å². The molecule has 5 heteroatoms. The molecule has 3 nitrogen and oxygen atoms in total. The molecule has 0 saturated carbocycles. The van der Waals surface area contributed by atoms with E-state index < -0.39 is 8.80 Å². The Morgan fingerprint density at radius 3 is 1.86 bits per heavy atom. The Morgan fingerprint density at radius 2 is 1.33 bits per heavy atom. The molecule has 21 heavy (non-hydrogen) atoms. The summed E-state index contributed by atoms with van der Waals surface area (Å²) in [7, 11) is -3.03. The third kappa shape index (κ3) is 3.16. The van der Waals surface area contributed by atoms with Crippen LogP contribution in [0.4, 0.5) is 4.39 Å². The molecule has 2 rings (SSSR count). The van der Waals surface area contributed by atoms with Gasteiger partial charge in [0.05, 0.1) is 0 Å². The maximum absolute atomic E-state index is 14.0. The molecule has 2 aromatic carbocycles. The molecular weight excluding hydrogens is 287 g/mol. The van der Waals surface area contributed by atoms with E-state index in [1.54, 1.807) is 12.1 Å². The smallest absolute Gasteiger partial charge is 0.370 e. The van der Waals surface area contributed by atoms with Crippen LogP contribution in [-0.4, -0.2) is 28.6 Å². The molecule has 0 N–H and O–H groups in total. The lowest BCUT2D eigenvalue weighted by Crippen LogP contribution is -2.57. The van der Waals surface area contributed by atoms with Gasteiger partial charge in [0.1, 0.15) is 5.82 Å². The SMILES string of the molecule is CCO[Si](OCC)(OCC)c1ccc(F)c2ccccc12. The zero-order valence-electron chi connectivity index (χ0n) is 12.7. The van der Waals surface area contributed by atoms with Crippen molar-refractivity contribution in [2.75, 3.05) is 19.8 Å². The minimum atomic E-state index is -3.03. The van der Waals surface area contributed by atoms with Gasteiger partial charge in [-0.2, -0.15) is 0 Å². The summed E-state index contributed by atoms with van der Waals surface area (Å²) >= 11 is 0. The third-order valence-corrected chi connectivity index (χ3v) is 6.31. The van der Waals surface area contributed by atoms with Gasteiger partial charge in [0.2, 0.25) is 0 Å². The van der Waals surface area contributed by atoms with E-state index in [-0.39, 0.29) is 5.82 Å². The van der Waals surface area contributed by atoms with E-state index in [4.69, 9.17) is 13.3 Å². The normalized spacial score (nSPS) is 12.0. The molecule has 0 radical (unpaired) electrons. The van der Waals surface area contributed by atoms with Crippen LogP contribution in [0.2, 0.25) is 0 Å². The first-order valence-corrected chi connectivity index (χ1v) is 9.00. The number of hydrogen-bond acceptors (Lipinski definition) is 3. The van der Waals surface area contributed by atoms with Crippen molar-refractivity contribution in [2.24, 2.45) is 0 Å². The maximum Gasteiger partial charge on any atom is 0.537 e. The Hall–Kier alpha value is -1.27. The Morgan fingerprint density at radius 1 is 0.810 bits per heavy atom. The Balaban J connectivity index is 2.66. The van der Waals surface area contributed by atoms with Crippen molar-refractivity contribution in [3.63, 3.8) is 0 Å². The number of halogens is 1. The van der Waals surface area contributed by atoms with Crippen molar-refractivity contribution in [3.8, 4) is 0 Å². The lowest BCUT2D eigenvalue weighted by Gasteiger charge is -2.29. The molecule has 0 spiro atoms. The summed E-state index contributed by atoms with van der Waals surface area (Å²) in [5, 5.41) is 2.18. The van der Waals surface area contributed by atoms with Crippen LogP contribution in [0.1, 0.15) is 20.8 Å². The third-order valence-electron chi connectivity index (χ3n) is 3.20. The summed E-state index contributed by atoms with van der Waals surface area (Å²) in [5.74, 6) is -0.248. The lowest BCUT2D eigenvalue weighted by molar-refractivity contribution is 0.0862. The van der Waals surface area contributed by atoms with E-state index in [0.29, 0.717) is 25.2 Å². The van der Waals surface area contributed by atoms with Crippen LogP contribution in [0.5, 0.6) is 0 Å². The van der Waals surface area contributed by atoms with E-state index in [0.717, 1.165) is 10.6 Å². The molecule has 0 atom stereocenters. The molecule has 0 unspecified atom stereocenters. The quantitative estimate of drug-likeness (QED) is 0.735. The average Bonchev–Trinajstić information content (AvgIpc) is 2.48. The van der Waals surface area contributed by atoms with Gasteiger partial charge in [-0.1, -0.05) is 30.3 Å². The first-order valence-electron chi connectivity index (χ1n) is 7.28. The minimum absolute atomic E-state index is 0.248. The molecule has 0 bridgehead atoms. The second kappa shape index (κ2) is 7.13. The number of rotatable bonds is 7. The molecular formula is C16H21FO3Si. The molecule has 0 aliphatic heterocycles. The summed E-state index contributed by atoms with van der Waals surface area (Å²) in [6, 6.07) is 10.5. The lowest BCUT2D eigenvalue weighted by atomic mass is 10.1. The van der Waals surface area contributed by atoms with Crippen LogP contribution >= 0.6 is 0 Å². The van der Waals surface area contributed by atoms with E-state index >= 15 is 0 Å². The van der Waals surface area contributed by atoms with Crippen LogP contribution in [0.3, 0.4) is 0 Å². The summed E-state index contributed by atoms with van der Waals surface area (Å²) in [4.78, 5) is 0. The van der Waals surface area contributed by atoms with Gasteiger partial charge in [0.15, 0.2) is 0 Å². The monoisotopic (exact) mass is 308 g/mol. The van der Waals surface area contributed by atoms with E-state index in [1.165, 1.54) is 6.07 Å². The molecule has 2 aromatic rings. The first kappa shape index (κ1) is 16.1. The minimum Gasteiger partial charge on any atom is -0.370 e. The van der Waals surface area contributed by atoms with Gasteiger partial charge in [0.25, 0.3) is 0 Å². The Kier molecular flexibility index (Phi) is 5.47. The molecule has 114 valence electrons. The largest absolute Gasteiger partial charge is 0.537 e.